The van der Waals surface area contributed by atoms with Crippen LogP contribution in [0, 0.1) is 0 Å². The largest absolute Gasteiger partial charge is 0.392 e. The normalized spacial score (nSPS) is 43.2. The molecule has 0 radical (unpaired) electrons. The van der Waals surface area contributed by atoms with Crippen molar-refractivity contribution in [1.29, 1.82) is 0 Å². The fourth-order valence-corrected chi connectivity index (χ4v) is 2.25. The lowest BCUT2D eigenvalue weighted by molar-refractivity contribution is -0.0323. The first-order valence-electron chi connectivity index (χ1n) is 4.43. The Hall–Kier alpha value is -0.380. The van der Waals surface area contributed by atoms with E-state index in [1.807, 2.05) is 0 Å². The highest BCUT2D eigenvalue weighted by Gasteiger charge is 2.38. The average molecular weight is 169 g/mol. The van der Waals surface area contributed by atoms with Gasteiger partial charge in [-0.15, -0.1) is 0 Å². The quantitative estimate of drug-likeness (QED) is 0.491. The van der Waals surface area contributed by atoms with Crippen LogP contribution in [0.5, 0.6) is 0 Å². The van der Waals surface area contributed by atoms with Crippen LogP contribution in [0.1, 0.15) is 12.8 Å². The smallest absolute Gasteiger partial charge is 0.0723 e. The third kappa shape index (κ3) is 1.28. The van der Waals surface area contributed by atoms with Crippen LogP contribution in [0.15, 0.2) is 12.2 Å². The molecule has 3 atom stereocenters. The summed E-state index contributed by atoms with van der Waals surface area (Å²) >= 11 is 0. The summed E-state index contributed by atoms with van der Waals surface area (Å²) in [5.41, 5.74) is 1.17. The second-order valence-corrected chi connectivity index (χ2v) is 3.91. The number of hydrogen-bond acceptors (Lipinski definition) is 3. The molecule has 0 saturated carbocycles. The topological polar surface area (TPSA) is 43.7 Å². The van der Waals surface area contributed by atoms with Crippen molar-refractivity contribution >= 4 is 0 Å². The Kier molecular flexibility index (Phi) is 1.94. The van der Waals surface area contributed by atoms with E-state index >= 15 is 0 Å². The van der Waals surface area contributed by atoms with Gasteiger partial charge in [-0.05, 0) is 6.42 Å². The molecule has 3 unspecified atom stereocenters. The minimum absolute atomic E-state index is 0.223. The van der Waals surface area contributed by atoms with Crippen LogP contribution in [-0.4, -0.2) is 46.5 Å². The first-order chi connectivity index (χ1) is 5.66. The second kappa shape index (κ2) is 2.83. The molecule has 0 aliphatic carbocycles. The minimum Gasteiger partial charge on any atom is -0.392 e. The summed E-state index contributed by atoms with van der Waals surface area (Å²) in [5.74, 6) is 0. The van der Waals surface area contributed by atoms with Crippen molar-refractivity contribution < 1.29 is 10.2 Å². The molecule has 0 amide bonds. The summed E-state index contributed by atoms with van der Waals surface area (Å²) < 4.78 is 0. The van der Waals surface area contributed by atoms with Gasteiger partial charge in [0.15, 0.2) is 0 Å². The number of nitrogens with zero attached hydrogens (tertiary/aromatic N) is 1. The summed E-state index contributed by atoms with van der Waals surface area (Å²) in [5, 5.41) is 19.0. The zero-order valence-electron chi connectivity index (χ0n) is 7.11. The third-order valence-corrected chi connectivity index (χ3v) is 2.80. The molecular formula is C9H15NO2. The summed E-state index contributed by atoms with van der Waals surface area (Å²) in [6.45, 7) is 5.44. The Bertz CT molecular complexity index is 205. The van der Waals surface area contributed by atoms with Gasteiger partial charge in [0.25, 0.3) is 0 Å². The van der Waals surface area contributed by atoms with Gasteiger partial charge >= 0.3 is 0 Å². The number of rotatable bonds is 0. The van der Waals surface area contributed by atoms with Crippen molar-refractivity contribution in [2.75, 3.05) is 13.1 Å². The van der Waals surface area contributed by atoms with Crippen molar-refractivity contribution in [2.24, 2.45) is 0 Å². The van der Waals surface area contributed by atoms with Crippen LogP contribution in [0.25, 0.3) is 0 Å². The molecule has 0 bridgehead atoms. The zero-order valence-corrected chi connectivity index (χ0v) is 7.11. The Morgan fingerprint density at radius 3 is 2.92 bits per heavy atom. The molecular weight excluding hydrogens is 154 g/mol. The van der Waals surface area contributed by atoms with Gasteiger partial charge in [-0.3, -0.25) is 4.90 Å². The van der Waals surface area contributed by atoms with Crippen molar-refractivity contribution in [2.45, 2.75) is 31.1 Å². The molecule has 3 nitrogen and oxygen atoms in total. The highest BCUT2D eigenvalue weighted by molar-refractivity contribution is 5.11. The third-order valence-electron chi connectivity index (χ3n) is 2.80. The standard InChI is InChI=1S/C9H15NO2/c1-6-2-8-9(12)3-7(11)5-10(8)4-6/h7-9,11-12H,1-5H2. The Balaban J connectivity index is 2.10. The lowest BCUT2D eigenvalue weighted by Crippen LogP contribution is -2.49. The van der Waals surface area contributed by atoms with E-state index < -0.39 is 0 Å². The highest BCUT2D eigenvalue weighted by atomic mass is 16.3. The number of aliphatic hydroxyl groups excluding tert-OH is 2. The van der Waals surface area contributed by atoms with E-state index in [0.29, 0.717) is 13.0 Å². The van der Waals surface area contributed by atoms with Gasteiger partial charge in [-0.25, -0.2) is 0 Å². The van der Waals surface area contributed by atoms with Gasteiger partial charge in [0.1, 0.15) is 0 Å². The Morgan fingerprint density at radius 2 is 2.17 bits per heavy atom. The molecule has 68 valence electrons. The van der Waals surface area contributed by atoms with E-state index in [4.69, 9.17) is 0 Å². The number of piperidine rings is 1. The Morgan fingerprint density at radius 1 is 1.42 bits per heavy atom. The van der Waals surface area contributed by atoms with Crippen LogP contribution >= 0.6 is 0 Å². The minimum atomic E-state index is -0.368. The predicted molar refractivity (Wildman–Crippen MR) is 45.7 cm³/mol. The van der Waals surface area contributed by atoms with Crippen LogP contribution in [0.3, 0.4) is 0 Å². The maximum atomic E-state index is 9.62. The van der Waals surface area contributed by atoms with Gasteiger partial charge < -0.3 is 10.2 Å². The lowest BCUT2D eigenvalue weighted by atomic mass is 9.97. The number of hydrogen-bond donors (Lipinski definition) is 2. The van der Waals surface area contributed by atoms with Crippen molar-refractivity contribution in [3.8, 4) is 0 Å². The van der Waals surface area contributed by atoms with Crippen LogP contribution in [0.4, 0.5) is 0 Å². The van der Waals surface area contributed by atoms with Gasteiger partial charge in [-0.1, -0.05) is 12.2 Å². The molecule has 2 N–H and O–H groups in total. The van der Waals surface area contributed by atoms with Crippen LogP contribution in [-0.2, 0) is 0 Å². The fourth-order valence-electron chi connectivity index (χ4n) is 2.25. The monoisotopic (exact) mass is 169 g/mol. The first kappa shape index (κ1) is 8.23. The van der Waals surface area contributed by atoms with Crippen LogP contribution in [0.2, 0.25) is 0 Å². The summed E-state index contributed by atoms with van der Waals surface area (Å²) in [4.78, 5) is 2.13. The molecule has 0 aromatic carbocycles. The highest BCUT2D eigenvalue weighted by Crippen LogP contribution is 2.29. The lowest BCUT2D eigenvalue weighted by Gasteiger charge is -2.36. The molecule has 0 spiro atoms. The molecule has 2 saturated heterocycles. The van der Waals surface area contributed by atoms with Gasteiger partial charge in [-0.2, -0.15) is 0 Å². The number of fused-ring (bicyclic) bond motifs is 1. The summed E-state index contributed by atoms with van der Waals surface area (Å²) in [7, 11) is 0. The van der Waals surface area contributed by atoms with Crippen molar-refractivity contribution in [1.82, 2.24) is 4.90 Å². The molecule has 2 aliphatic rings. The molecule has 12 heavy (non-hydrogen) atoms. The molecule has 2 aliphatic heterocycles. The predicted octanol–water partition coefficient (Wildman–Crippen LogP) is -0.258. The molecule has 0 aromatic rings. The fraction of sp³-hybridized carbons (Fsp3) is 0.778. The Labute approximate surface area is 72.3 Å². The maximum Gasteiger partial charge on any atom is 0.0723 e. The van der Waals surface area contributed by atoms with Gasteiger partial charge in [0, 0.05) is 25.6 Å². The SMILES string of the molecule is C=C1CC2C(O)CC(O)CN2C1. The van der Waals surface area contributed by atoms with Gasteiger partial charge in [0.05, 0.1) is 12.2 Å². The van der Waals surface area contributed by atoms with E-state index in [2.05, 4.69) is 11.5 Å². The van der Waals surface area contributed by atoms with E-state index in [0.717, 1.165) is 13.0 Å². The van der Waals surface area contributed by atoms with Crippen molar-refractivity contribution in [3.63, 3.8) is 0 Å². The second-order valence-electron chi connectivity index (χ2n) is 3.91. The van der Waals surface area contributed by atoms with E-state index in [-0.39, 0.29) is 18.2 Å². The van der Waals surface area contributed by atoms with E-state index in [9.17, 15) is 10.2 Å². The summed E-state index contributed by atoms with van der Waals surface area (Å²) in [6, 6.07) is 0.223. The zero-order chi connectivity index (χ0) is 8.72. The molecule has 2 heterocycles. The molecule has 2 fully saturated rings. The van der Waals surface area contributed by atoms with Crippen LogP contribution < -0.4 is 0 Å². The van der Waals surface area contributed by atoms with E-state index in [1.165, 1.54) is 5.57 Å². The molecule has 2 rings (SSSR count). The average Bonchev–Trinajstić information content (AvgIpc) is 2.29. The molecule has 0 aromatic heterocycles. The van der Waals surface area contributed by atoms with Gasteiger partial charge in [0.2, 0.25) is 0 Å². The first-order valence-corrected chi connectivity index (χ1v) is 4.43. The van der Waals surface area contributed by atoms with Crippen molar-refractivity contribution in [3.05, 3.63) is 12.2 Å². The summed E-state index contributed by atoms with van der Waals surface area (Å²) in [6.07, 6.45) is 0.692. The van der Waals surface area contributed by atoms with E-state index in [1.54, 1.807) is 0 Å². The maximum absolute atomic E-state index is 9.62. The number of aliphatic hydroxyl groups is 2. The molecule has 3 heteroatoms.